The molecule has 1 aromatic carbocycles. The number of hydrogen-bond acceptors (Lipinski definition) is 3. The minimum Gasteiger partial charge on any atom is -0.464 e. The summed E-state index contributed by atoms with van der Waals surface area (Å²) in [5.74, 6) is 0. The Morgan fingerprint density at radius 3 is 2.72 bits per heavy atom. The van der Waals surface area contributed by atoms with Crippen LogP contribution in [-0.4, -0.2) is 33.4 Å². The van der Waals surface area contributed by atoms with Crippen LogP contribution in [0.25, 0.3) is 0 Å². The van der Waals surface area contributed by atoms with Crippen LogP contribution in [0.3, 0.4) is 0 Å². The van der Waals surface area contributed by atoms with E-state index in [1.54, 1.807) is 37.4 Å². The number of hydrazone groups is 1. The van der Waals surface area contributed by atoms with Crippen molar-refractivity contribution in [2.24, 2.45) is 5.10 Å². The van der Waals surface area contributed by atoms with Gasteiger partial charge in [0, 0.05) is 29.2 Å². The summed E-state index contributed by atoms with van der Waals surface area (Å²) in [7, 11) is 0. The zero-order valence-electron chi connectivity index (χ0n) is 13.0. The molecule has 0 aliphatic heterocycles. The monoisotopic (exact) mass is 463 g/mol. The lowest BCUT2D eigenvalue weighted by molar-refractivity contribution is 0.149. The van der Waals surface area contributed by atoms with Crippen molar-refractivity contribution in [2.45, 2.75) is 13.3 Å². The summed E-state index contributed by atoms with van der Waals surface area (Å²) in [6, 6.07) is 6.95. The molecule has 25 heavy (non-hydrogen) atoms. The van der Waals surface area contributed by atoms with E-state index in [-0.39, 0.29) is 18.1 Å². The minimum atomic E-state index is -1.17. The first-order valence-electron chi connectivity index (χ1n) is 7.15. The van der Waals surface area contributed by atoms with E-state index in [9.17, 15) is 9.90 Å². The normalized spacial score (nSPS) is 11.5. The van der Waals surface area contributed by atoms with E-state index < -0.39 is 6.09 Å². The maximum Gasteiger partial charge on any atom is 0.427 e. The van der Waals surface area contributed by atoms with E-state index >= 15 is 0 Å². The Morgan fingerprint density at radius 2 is 2.08 bits per heavy atom. The summed E-state index contributed by atoms with van der Waals surface area (Å²) in [5.41, 5.74) is 1.62. The molecule has 1 amide bonds. The van der Waals surface area contributed by atoms with Gasteiger partial charge < -0.3 is 5.11 Å². The van der Waals surface area contributed by atoms with Gasteiger partial charge in [-0.25, -0.2) is 9.78 Å². The molecule has 0 atom stereocenters. The zero-order valence-corrected chi connectivity index (χ0v) is 16.9. The number of aromatic nitrogens is 1. The van der Waals surface area contributed by atoms with Gasteiger partial charge >= 0.3 is 6.09 Å². The third kappa shape index (κ3) is 5.07. The van der Waals surface area contributed by atoms with Gasteiger partial charge in [0.15, 0.2) is 0 Å². The Labute approximate surface area is 168 Å². The van der Waals surface area contributed by atoms with E-state index in [0.717, 1.165) is 5.01 Å². The molecule has 0 aliphatic rings. The summed E-state index contributed by atoms with van der Waals surface area (Å²) in [5, 5.41) is 15.4. The highest BCUT2D eigenvalue weighted by molar-refractivity contribution is 9.10. The van der Waals surface area contributed by atoms with Gasteiger partial charge in [-0.3, -0.25) is 0 Å². The van der Waals surface area contributed by atoms with E-state index in [0.29, 0.717) is 31.4 Å². The van der Waals surface area contributed by atoms with E-state index in [2.05, 4.69) is 26.0 Å². The van der Waals surface area contributed by atoms with E-state index in [4.69, 9.17) is 34.8 Å². The Bertz CT molecular complexity index is 830. The van der Waals surface area contributed by atoms with Crippen molar-refractivity contribution in [2.75, 3.05) is 6.54 Å². The summed E-state index contributed by atoms with van der Waals surface area (Å²) in [6.07, 6.45) is 0.613. The largest absolute Gasteiger partial charge is 0.464 e. The highest BCUT2D eigenvalue weighted by atomic mass is 79.9. The van der Waals surface area contributed by atoms with Crippen LogP contribution in [0.1, 0.15) is 18.1 Å². The predicted octanol–water partition coefficient (Wildman–Crippen LogP) is 5.75. The lowest BCUT2D eigenvalue weighted by atomic mass is 10.0. The molecular formula is C16H13BrCl3N3O2. The van der Waals surface area contributed by atoms with Gasteiger partial charge in [-0.15, -0.1) is 0 Å². The maximum absolute atomic E-state index is 11.3. The fourth-order valence-electron chi connectivity index (χ4n) is 2.07. The van der Waals surface area contributed by atoms with Gasteiger partial charge in [0.25, 0.3) is 0 Å². The standard InChI is InChI=1S/C16H13BrCl3N3O2/c1-2-23(16(24)25)22-13(11-7-10(17)8-21-15(11)20)6-9-4-3-5-12(18)14(9)19/h3-5,7-8H,2,6H2,1H3,(H,24,25). The molecule has 0 spiro atoms. The number of hydrogen-bond donors (Lipinski definition) is 1. The predicted molar refractivity (Wildman–Crippen MR) is 104 cm³/mol. The number of nitrogens with zero attached hydrogens (tertiary/aromatic N) is 3. The Balaban J connectivity index is 2.56. The molecule has 0 fully saturated rings. The second kappa shape index (κ2) is 8.85. The lowest BCUT2D eigenvalue weighted by Crippen LogP contribution is -2.26. The molecule has 9 heteroatoms. The summed E-state index contributed by atoms with van der Waals surface area (Å²) >= 11 is 21.8. The first kappa shape index (κ1) is 20.0. The average Bonchev–Trinajstić information content (AvgIpc) is 2.57. The zero-order chi connectivity index (χ0) is 18.6. The van der Waals surface area contributed by atoms with Crippen molar-refractivity contribution in [3.63, 3.8) is 0 Å². The second-order valence-corrected chi connectivity index (χ2v) is 6.99. The third-order valence-corrected chi connectivity index (χ3v) is 4.86. The van der Waals surface area contributed by atoms with Crippen LogP contribution in [0.4, 0.5) is 4.79 Å². The summed E-state index contributed by atoms with van der Waals surface area (Å²) in [4.78, 5) is 15.4. The molecule has 0 bridgehead atoms. The SMILES string of the molecule is CCN(N=C(Cc1cccc(Cl)c1Cl)c1cc(Br)cnc1Cl)C(=O)O. The smallest absolute Gasteiger partial charge is 0.427 e. The fraction of sp³-hybridized carbons (Fsp3) is 0.188. The van der Waals surface area contributed by atoms with Crippen LogP contribution in [0, 0.1) is 0 Å². The van der Waals surface area contributed by atoms with Gasteiger partial charge in [-0.05, 0) is 40.5 Å². The molecular weight excluding hydrogens is 452 g/mol. The van der Waals surface area contributed by atoms with Crippen molar-refractivity contribution >= 4 is 62.5 Å². The van der Waals surface area contributed by atoms with Crippen LogP contribution in [0.2, 0.25) is 15.2 Å². The molecule has 0 unspecified atom stereocenters. The maximum atomic E-state index is 11.3. The molecule has 0 saturated heterocycles. The molecule has 0 saturated carbocycles. The number of amides is 1. The van der Waals surface area contributed by atoms with Crippen LogP contribution in [0.5, 0.6) is 0 Å². The van der Waals surface area contributed by atoms with Crippen LogP contribution in [-0.2, 0) is 6.42 Å². The quantitative estimate of drug-likeness (QED) is 0.347. The Hall–Kier alpha value is -1.34. The first-order chi connectivity index (χ1) is 11.8. The fourth-order valence-corrected chi connectivity index (χ4v) is 3.00. The van der Waals surface area contributed by atoms with E-state index in [1.807, 2.05) is 0 Å². The third-order valence-electron chi connectivity index (χ3n) is 3.27. The number of pyridine rings is 1. The van der Waals surface area contributed by atoms with Crippen LogP contribution in [0.15, 0.2) is 40.0 Å². The van der Waals surface area contributed by atoms with Crippen molar-refractivity contribution in [3.8, 4) is 0 Å². The molecule has 2 rings (SSSR count). The van der Waals surface area contributed by atoms with Gasteiger partial charge in [0.1, 0.15) is 5.15 Å². The highest BCUT2D eigenvalue weighted by Gasteiger charge is 2.17. The molecule has 2 aromatic rings. The summed E-state index contributed by atoms with van der Waals surface area (Å²) in [6.45, 7) is 1.86. The van der Waals surface area contributed by atoms with Gasteiger partial charge in [-0.1, -0.05) is 46.9 Å². The highest BCUT2D eigenvalue weighted by Crippen LogP contribution is 2.28. The van der Waals surface area contributed by atoms with Gasteiger partial charge in [0.05, 0.1) is 15.8 Å². The lowest BCUT2D eigenvalue weighted by Gasteiger charge is -2.16. The van der Waals surface area contributed by atoms with Crippen molar-refractivity contribution in [3.05, 3.63) is 61.3 Å². The second-order valence-electron chi connectivity index (χ2n) is 4.93. The summed E-state index contributed by atoms with van der Waals surface area (Å²) < 4.78 is 0.690. The number of carboxylic acid groups (broad SMARTS) is 1. The Morgan fingerprint density at radius 1 is 1.36 bits per heavy atom. The molecule has 0 radical (unpaired) electrons. The molecule has 1 aromatic heterocycles. The first-order valence-corrected chi connectivity index (χ1v) is 9.08. The molecule has 0 aliphatic carbocycles. The van der Waals surface area contributed by atoms with Crippen LogP contribution >= 0.6 is 50.7 Å². The average molecular weight is 466 g/mol. The number of halogens is 4. The van der Waals surface area contributed by atoms with Crippen molar-refractivity contribution in [1.82, 2.24) is 9.99 Å². The molecule has 5 nitrogen and oxygen atoms in total. The van der Waals surface area contributed by atoms with Crippen LogP contribution < -0.4 is 0 Å². The number of rotatable bonds is 5. The van der Waals surface area contributed by atoms with Crippen molar-refractivity contribution in [1.29, 1.82) is 0 Å². The number of carbonyl (C=O) groups is 1. The molecule has 1 N–H and O–H groups in total. The van der Waals surface area contributed by atoms with E-state index in [1.165, 1.54) is 0 Å². The molecule has 132 valence electrons. The van der Waals surface area contributed by atoms with Gasteiger partial charge in [-0.2, -0.15) is 10.1 Å². The van der Waals surface area contributed by atoms with Gasteiger partial charge in [0.2, 0.25) is 0 Å². The Kier molecular flexibility index (Phi) is 7.07. The van der Waals surface area contributed by atoms with Crippen molar-refractivity contribution < 1.29 is 9.90 Å². The topological polar surface area (TPSA) is 65.8 Å². The number of benzene rings is 1. The minimum absolute atomic E-state index is 0.182. The molecule has 1 heterocycles.